The topological polar surface area (TPSA) is 81.1 Å². The van der Waals surface area contributed by atoms with E-state index in [4.69, 9.17) is 4.98 Å². The molecule has 8 heteroatoms. The van der Waals surface area contributed by atoms with E-state index in [9.17, 15) is 14.4 Å². The Balaban J connectivity index is 1.94. The first-order valence-electron chi connectivity index (χ1n) is 9.71. The van der Waals surface area contributed by atoms with Crippen LogP contribution in [0.3, 0.4) is 0 Å². The molecule has 1 amide bonds. The zero-order chi connectivity index (χ0) is 22.2. The van der Waals surface area contributed by atoms with Crippen LogP contribution in [0.4, 0.5) is 5.69 Å². The number of nitrogens with zero attached hydrogens (tertiary/aromatic N) is 2. The van der Waals surface area contributed by atoms with Gasteiger partial charge in [-0.2, -0.15) is 0 Å². The van der Waals surface area contributed by atoms with Crippen molar-refractivity contribution in [1.29, 1.82) is 0 Å². The average Bonchev–Trinajstić information content (AvgIpc) is 2.95. The Labute approximate surface area is 183 Å². The van der Waals surface area contributed by atoms with E-state index in [1.807, 2.05) is 27.7 Å². The Morgan fingerprint density at radius 1 is 1.17 bits per heavy atom. The van der Waals surface area contributed by atoms with Gasteiger partial charge < -0.3 is 5.32 Å². The highest BCUT2D eigenvalue weighted by molar-refractivity contribution is 8.00. The highest BCUT2D eigenvalue weighted by atomic mass is 32.2. The van der Waals surface area contributed by atoms with E-state index in [2.05, 4.69) is 5.32 Å². The van der Waals surface area contributed by atoms with Gasteiger partial charge in [0, 0.05) is 16.5 Å². The summed E-state index contributed by atoms with van der Waals surface area (Å²) in [6.45, 7) is 11.0. The number of aromatic nitrogens is 2. The van der Waals surface area contributed by atoms with Crippen LogP contribution < -0.4 is 10.9 Å². The van der Waals surface area contributed by atoms with Crippen molar-refractivity contribution < 1.29 is 9.59 Å². The SMILES string of the molecule is CC(=O)c1ccccc1NC(=O)C(C)Sc1nc2sc(C)c(C)c2c(=O)n1C(C)C. The molecule has 1 N–H and O–H groups in total. The fraction of sp³-hybridized carbons (Fsp3) is 0.364. The molecule has 0 aliphatic carbocycles. The van der Waals surface area contributed by atoms with Gasteiger partial charge in [0.25, 0.3) is 5.56 Å². The molecule has 0 saturated carbocycles. The lowest BCUT2D eigenvalue weighted by atomic mass is 10.1. The van der Waals surface area contributed by atoms with Crippen molar-refractivity contribution in [3.8, 4) is 0 Å². The summed E-state index contributed by atoms with van der Waals surface area (Å²) in [7, 11) is 0. The lowest BCUT2D eigenvalue weighted by Gasteiger charge is -2.18. The third-order valence-electron chi connectivity index (χ3n) is 4.93. The van der Waals surface area contributed by atoms with Crippen molar-refractivity contribution >= 4 is 50.7 Å². The van der Waals surface area contributed by atoms with Crippen LogP contribution in [0.25, 0.3) is 10.2 Å². The summed E-state index contributed by atoms with van der Waals surface area (Å²) in [5.74, 6) is -0.368. The fourth-order valence-corrected chi connectivity index (χ4v) is 5.28. The van der Waals surface area contributed by atoms with Gasteiger partial charge in [-0.05, 0) is 59.2 Å². The summed E-state index contributed by atoms with van der Waals surface area (Å²) in [6.07, 6.45) is 0. The predicted octanol–water partition coefficient (Wildman–Crippen LogP) is 4.98. The lowest BCUT2D eigenvalue weighted by Crippen LogP contribution is -2.28. The minimum absolute atomic E-state index is 0.0751. The number of hydrogen-bond donors (Lipinski definition) is 1. The second-order valence-electron chi connectivity index (χ2n) is 7.48. The van der Waals surface area contributed by atoms with Crippen LogP contribution in [0.5, 0.6) is 0 Å². The van der Waals surface area contributed by atoms with Gasteiger partial charge in [-0.3, -0.25) is 19.0 Å². The van der Waals surface area contributed by atoms with Gasteiger partial charge >= 0.3 is 0 Å². The number of Topliss-reactive ketones (excluding diaryl/α,β-unsaturated/α-hetero) is 1. The molecule has 0 aliphatic heterocycles. The van der Waals surface area contributed by atoms with Crippen molar-refractivity contribution in [2.75, 3.05) is 5.32 Å². The number of benzene rings is 1. The molecule has 3 rings (SSSR count). The molecule has 3 aromatic rings. The average molecular weight is 444 g/mol. The number of hydrogen-bond acceptors (Lipinski definition) is 6. The molecule has 1 aromatic carbocycles. The first-order chi connectivity index (χ1) is 14.1. The Hall–Kier alpha value is -2.45. The van der Waals surface area contributed by atoms with Gasteiger partial charge in [0.05, 0.1) is 16.3 Å². The Morgan fingerprint density at radius 2 is 1.83 bits per heavy atom. The first-order valence-corrected chi connectivity index (χ1v) is 11.4. The number of anilines is 1. The Kier molecular flexibility index (Phi) is 6.47. The molecule has 0 radical (unpaired) electrons. The summed E-state index contributed by atoms with van der Waals surface area (Å²) in [4.78, 5) is 44.3. The number of carbonyl (C=O) groups is 2. The van der Waals surface area contributed by atoms with E-state index in [1.165, 1.54) is 30.0 Å². The van der Waals surface area contributed by atoms with Crippen LogP contribution in [0.15, 0.2) is 34.2 Å². The number of amides is 1. The first kappa shape index (κ1) is 22.2. The van der Waals surface area contributed by atoms with Crippen LogP contribution in [-0.4, -0.2) is 26.5 Å². The number of nitrogens with one attached hydrogen (secondary N) is 1. The van der Waals surface area contributed by atoms with Crippen LogP contribution in [0, 0.1) is 13.8 Å². The number of carbonyl (C=O) groups excluding carboxylic acids is 2. The van der Waals surface area contributed by atoms with Crippen molar-refractivity contribution in [3.63, 3.8) is 0 Å². The molecule has 0 spiro atoms. The summed E-state index contributed by atoms with van der Waals surface area (Å²) in [5, 5.41) is 3.50. The fourth-order valence-electron chi connectivity index (χ4n) is 3.17. The maximum absolute atomic E-state index is 13.2. The summed E-state index contributed by atoms with van der Waals surface area (Å²) >= 11 is 2.74. The number of aryl methyl sites for hydroxylation is 2. The Bertz CT molecular complexity index is 1190. The number of ketones is 1. The molecule has 2 heterocycles. The van der Waals surface area contributed by atoms with E-state index in [1.54, 1.807) is 35.8 Å². The van der Waals surface area contributed by atoms with E-state index >= 15 is 0 Å². The summed E-state index contributed by atoms with van der Waals surface area (Å²) in [5.41, 5.74) is 1.84. The number of thiophene rings is 1. The smallest absolute Gasteiger partial charge is 0.263 e. The standard InChI is InChI=1S/C22H25N3O3S2/c1-11(2)25-21(28)18-12(3)14(5)29-20(18)24-22(25)30-15(6)19(27)23-17-10-8-7-9-16(17)13(4)26/h7-11,15H,1-6H3,(H,23,27). The molecular weight excluding hydrogens is 418 g/mol. The highest BCUT2D eigenvalue weighted by Crippen LogP contribution is 2.31. The molecular formula is C22H25N3O3S2. The monoisotopic (exact) mass is 443 g/mol. The number of thioether (sulfide) groups is 1. The minimum atomic E-state index is -0.512. The molecule has 0 bridgehead atoms. The number of para-hydroxylation sites is 1. The molecule has 0 fully saturated rings. The van der Waals surface area contributed by atoms with Crippen molar-refractivity contribution in [2.24, 2.45) is 0 Å². The summed E-state index contributed by atoms with van der Waals surface area (Å²) < 4.78 is 1.65. The number of rotatable bonds is 6. The molecule has 0 saturated heterocycles. The van der Waals surface area contributed by atoms with Gasteiger partial charge in [-0.15, -0.1) is 11.3 Å². The molecule has 1 atom stereocenters. The second-order valence-corrected chi connectivity index (χ2v) is 9.99. The van der Waals surface area contributed by atoms with E-state index < -0.39 is 5.25 Å². The molecule has 0 aliphatic rings. The van der Waals surface area contributed by atoms with E-state index in [-0.39, 0.29) is 23.3 Å². The molecule has 1 unspecified atom stereocenters. The maximum atomic E-state index is 13.2. The van der Waals surface area contributed by atoms with Crippen molar-refractivity contribution in [3.05, 3.63) is 50.6 Å². The van der Waals surface area contributed by atoms with E-state index in [0.29, 0.717) is 26.6 Å². The molecule has 6 nitrogen and oxygen atoms in total. The van der Waals surface area contributed by atoms with Crippen LogP contribution in [0.1, 0.15) is 54.5 Å². The highest BCUT2D eigenvalue weighted by Gasteiger charge is 2.23. The molecule has 30 heavy (non-hydrogen) atoms. The van der Waals surface area contributed by atoms with Gasteiger partial charge in [-0.25, -0.2) is 4.98 Å². The van der Waals surface area contributed by atoms with E-state index in [0.717, 1.165) is 10.4 Å². The normalized spacial score (nSPS) is 12.4. The zero-order valence-corrected chi connectivity index (χ0v) is 19.5. The summed E-state index contributed by atoms with van der Waals surface area (Å²) in [6, 6.07) is 6.83. The third-order valence-corrected chi connectivity index (χ3v) is 7.10. The molecule has 2 aromatic heterocycles. The van der Waals surface area contributed by atoms with Gasteiger partial charge in [0.15, 0.2) is 10.9 Å². The predicted molar refractivity (Wildman–Crippen MR) is 124 cm³/mol. The van der Waals surface area contributed by atoms with Crippen molar-refractivity contribution in [1.82, 2.24) is 9.55 Å². The number of fused-ring (bicyclic) bond motifs is 1. The van der Waals surface area contributed by atoms with Gasteiger partial charge in [-0.1, -0.05) is 23.9 Å². The van der Waals surface area contributed by atoms with Gasteiger partial charge in [0.2, 0.25) is 5.91 Å². The van der Waals surface area contributed by atoms with Crippen molar-refractivity contribution in [2.45, 2.75) is 58.0 Å². The zero-order valence-electron chi connectivity index (χ0n) is 17.9. The quantitative estimate of drug-likeness (QED) is 0.330. The van der Waals surface area contributed by atoms with Crippen LogP contribution in [-0.2, 0) is 4.79 Å². The third kappa shape index (κ3) is 4.20. The van der Waals surface area contributed by atoms with Gasteiger partial charge in [0.1, 0.15) is 4.83 Å². The molecule has 158 valence electrons. The maximum Gasteiger partial charge on any atom is 0.263 e. The second kappa shape index (κ2) is 8.73. The lowest BCUT2D eigenvalue weighted by molar-refractivity contribution is -0.115. The minimum Gasteiger partial charge on any atom is -0.324 e. The van der Waals surface area contributed by atoms with Crippen LogP contribution >= 0.6 is 23.1 Å². The van der Waals surface area contributed by atoms with Crippen LogP contribution in [0.2, 0.25) is 0 Å². The largest absolute Gasteiger partial charge is 0.324 e. The Morgan fingerprint density at radius 3 is 2.47 bits per heavy atom.